The molecule has 0 atom stereocenters. The van der Waals surface area contributed by atoms with Gasteiger partial charge in [-0.1, -0.05) is 6.07 Å². The van der Waals surface area contributed by atoms with Crippen LogP contribution in [0.15, 0.2) is 53.5 Å². The smallest absolute Gasteiger partial charge is 0.341 e. The van der Waals surface area contributed by atoms with Crippen LogP contribution in [0.4, 0.5) is 5.00 Å². The number of tetrazole rings is 1. The van der Waals surface area contributed by atoms with Gasteiger partial charge in [-0.05, 0) is 53.1 Å². The highest BCUT2D eigenvalue weighted by Crippen LogP contribution is 2.38. The Balaban J connectivity index is 1.40. The van der Waals surface area contributed by atoms with Crippen LogP contribution in [0.1, 0.15) is 27.6 Å². The SMILES string of the molecule is CCOC(=O)c1c(-c2cccs2)csc1NC(=O)COC(=O)c1ccc(-n2cnnn2)cc1. The fourth-order valence-electron chi connectivity index (χ4n) is 2.88. The molecule has 1 aromatic carbocycles. The van der Waals surface area contributed by atoms with E-state index in [9.17, 15) is 14.4 Å². The van der Waals surface area contributed by atoms with Crippen molar-refractivity contribution in [3.05, 3.63) is 64.6 Å². The van der Waals surface area contributed by atoms with Gasteiger partial charge in [0.25, 0.3) is 5.91 Å². The van der Waals surface area contributed by atoms with Crippen molar-refractivity contribution in [3.63, 3.8) is 0 Å². The monoisotopic (exact) mass is 483 g/mol. The van der Waals surface area contributed by atoms with Gasteiger partial charge in [-0.2, -0.15) is 0 Å². The molecule has 4 rings (SSSR count). The van der Waals surface area contributed by atoms with Gasteiger partial charge in [0, 0.05) is 15.8 Å². The Hall–Kier alpha value is -3.90. The van der Waals surface area contributed by atoms with Crippen molar-refractivity contribution in [2.45, 2.75) is 6.92 Å². The highest BCUT2D eigenvalue weighted by molar-refractivity contribution is 7.17. The number of nitrogens with one attached hydrogen (secondary N) is 1. The Labute approximate surface area is 195 Å². The van der Waals surface area contributed by atoms with E-state index in [2.05, 4.69) is 20.8 Å². The third kappa shape index (κ3) is 5.13. The number of amides is 1. The van der Waals surface area contributed by atoms with E-state index < -0.39 is 24.5 Å². The summed E-state index contributed by atoms with van der Waals surface area (Å²) in [5.74, 6) is -1.76. The molecule has 10 nitrogen and oxygen atoms in total. The summed E-state index contributed by atoms with van der Waals surface area (Å²) < 4.78 is 11.7. The van der Waals surface area contributed by atoms with E-state index in [0.29, 0.717) is 16.3 Å². The number of nitrogens with zero attached hydrogens (tertiary/aromatic N) is 4. The molecule has 0 unspecified atom stereocenters. The zero-order valence-corrected chi connectivity index (χ0v) is 18.9. The topological polar surface area (TPSA) is 125 Å². The highest BCUT2D eigenvalue weighted by Gasteiger charge is 2.23. The number of aromatic nitrogens is 4. The van der Waals surface area contributed by atoms with E-state index >= 15 is 0 Å². The molecule has 0 aliphatic carbocycles. The largest absolute Gasteiger partial charge is 0.462 e. The van der Waals surface area contributed by atoms with Crippen molar-refractivity contribution in [2.75, 3.05) is 18.5 Å². The molecule has 3 heterocycles. The first kappa shape index (κ1) is 22.3. The molecule has 1 amide bonds. The number of ether oxygens (including phenoxy) is 2. The summed E-state index contributed by atoms with van der Waals surface area (Å²) in [4.78, 5) is 38.1. The number of anilines is 1. The third-order valence-electron chi connectivity index (χ3n) is 4.36. The van der Waals surface area contributed by atoms with Gasteiger partial charge in [0.05, 0.1) is 17.9 Å². The van der Waals surface area contributed by atoms with Crippen molar-refractivity contribution in [3.8, 4) is 16.1 Å². The number of carbonyl (C=O) groups is 3. The maximum absolute atomic E-state index is 12.5. The number of hydrogen-bond acceptors (Lipinski definition) is 10. The number of hydrogen-bond donors (Lipinski definition) is 1. The summed E-state index contributed by atoms with van der Waals surface area (Å²) in [6.07, 6.45) is 1.43. The normalized spacial score (nSPS) is 10.6. The predicted molar refractivity (Wildman–Crippen MR) is 122 cm³/mol. The maximum Gasteiger partial charge on any atom is 0.341 e. The van der Waals surface area contributed by atoms with Crippen LogP contribution < -0.4 is 5.32 Å². The van der Waals surface area contributed by atoms with Gasteiger partial charge in [-0.15, -0.1) is 27.8 Å². The summed E-state index contributed by atoms with van der Waals surface area (Å²) >= 11 is 2.68. The van der Waals surface area contributed by atoms with E-state index in [1.54, 1.807) is 36.6 Å². The van der Waals surface area contributed by atoms with Crippen LogP contribution in [0.2, 0.25) is 0 Å². The molecule has 0 bridgehead atoms. The third-order valence-corrected chi connectivity index (χ3v) is 6.16. The average Bonchev–Trinajstić information content (AvgIpc) is 3.59. The fourth-order valence-corrected chi connectivity index (χ4v) is 4.66. The number of rotatable bonds is 8. The molecule has 0 fully saturated rings. The lowest BCUT2D eigenvalue weighted by atomic mass is 10.1. The molecule has 168 valence electrons. The van der Waals surface area contributed by atoms with E-state index in [0.717, 1.165) is 4.88 Å². The summed E-state index contributed by atoms with van der Waals surface area (Å²) in [6, 6.07) is 10.1. The first-order valence-electron chi connectivity index (χ1n) is 9.69. The molecular formula is C21H17N5O5S2. The maximum atomic E-state index is 12.5. The predicted octanol–water partition coefficient (Wildman–Crippen LogP) is 3.42. The van der Waals surface area contributed by atoms with Crippen LogP contribution in [0.5, 0.6) is 0 Å². The molecule has 1 N–H and O–H groups in total. The molecular weight excluding hydrogens is 466 g/mol. The van der Waals surface area contributed by atoms with Crippen LogP contribution in [0.3, 0.4) is 0 Å². The molecule has 33 heavy (non-hydrogen) atoms. The van der Waals surface area contributed by atoms with Crippen molar-refractivity contribution in [1.29, 1.82) is 0 Å². The zero-order valence-electron chi connectivity index (χ0n) is 17.3. The molecule has 0 aliphatic rings. The summed E-state index contributed by atoms with van der Waals surface area (Å²) in [6.45, 7) is 1.40. The van der Waals surface area contributed by atoms with Gasteiger partial charge in [0.15, 0.2) is 6.61 Å². The van der Waals surface area contributed by atoms with Crippen molar-refractivity contribution >= 4 is 45.5 Å². The summed E-state index contributed by atoms with van der Waals surface area (Å²) in [7, 11) is 0. The van der Waals surface area contributed by atoms with Gasteiger partial charge < -0.3 is 14.8 Å². The molecule has 0 aliphatic heterocycles. The van der Waals surface area contributed by atoms with E-state index in [4.69, 9.17) is 9.47 Å². The Bertz CT molecular complexity index is 1250. The van der Waals surface area contributed by atoms with Crippen molar-refractivity contribution in [2.24, 2.45) is 0 Å². The molecule has 3 aromatic heterocycles. The van der Waals surface area contributed by atoms with Crippen LogP contribution >= 0.6 is 22.7 Å². The lowest BCUT2D eigenvalue weighted by Crippen LogP contribution is -2.21. The summed E-state index contributed by atoms with van der Waals surface area (Å²) in [5, 5.41) is 17.5. The van der Waals surface area contributed by atoms with Crippen molar-refractivity contribution in [1.82, 2.24) is 20.2 Å². The lowest BCUT2D eigenvalue weighted by molar-refractivity contribution is -0.119. The van der Waals surface area contributed by atoms with Crippen LogP contribution in [0.25, 0.3) is 16.1 Å². The molecule has 0 saturated heterocycles. The summed E-state index contributed by atoms with van der Waals surface area (Å²) in [5.41, 5.74) is 1.90. The second-order valence-electron chi connectivity index (χ2n) is 6.48. The van der Waals surface area contributed by atoms with Gasteiger partial charge in [0.2, 0.25) is 0 Å². The van der Waals surface area contributed by atoms with Crippen LogP contribution in [-0.2, 0) is 14.3 Å². The Morgan fingerprint density at radius 1 is 1.06 bits per heavy atom. The minimum absolute atomic E-state index is 0.204. The average molecular weight is 484 g/mol. The van der Waals surface area contributed by atoms with Crippen molar-refractivity contribution < 1.29 is 23.9 Å². The number of thiophene rings is 2. The Kier molecular flexibility index (Phi) is 6.86. The fraction of sp³-hybridized carbons (Fsp3) is 0.143. The Morgan fingerprint density at radius 3 is 2.55 bits per heavy atom. The molecule has 4 aromatic rings. The quantitative estimate of drug-likeness (QED) is 0.378. The van der Waals surface area contributed by atoms with Crippen LogP contribution in [-0.4, -0.2) is 51.3 Å². The first-order chi connectivity index (χ1) is 16.1. The van der Waals surface area contributed by atoms with E-state index in [1.165, 1.54) is 33.7 Å². The highest BCUT2D eigenvalue weighted by atomic mass is 32.1. The van der Waals surface area contributed by atoms with Crippen LogP contribution in [0, 0.1) is 0 Å². The minimum Gasteiger partial charge on any atom is -0.462 e. The molecule has 12 heteroatoms. The first-order valence-corrected chi connectivity index (χ1v) is 11.5. The second kappa shape index (κ2) is 10.1. The lowest BCUT2D eigenvalue weighted by Gasteiger charge is -2.09. The molecule has 0 spiro atoms. The van der Waals surface area contributed by atoms with Gasteiger partial charge in [-0.25, -0.2) is 14.3 Å². The number of carbonyl (C=O) groups excluding carboxylic acids is 3. The van der Waals surface area contributed by atoms with Gasteiger partial charge >= 0.3 is 11.9 Å². The Morgan fingerprint density at radius 2 is 1.88 bits per heavy atom. The molecule has 0 saturated carbocycles. The molecule has 0 radical (unpaired) electrons. The van der Waals surface area contributed by atoms with E-state index in [-0.39, 0.29) is 17.7 Å². The number of benzene rings is 1. The minimum atomic E-state index is -0.663. The van der Waals surface area contributed by atoms with E-state index in [1.807, 2.05) is 17.5 Å². The zero-order chi connectivity index (χ0) is 23.2. The van der Waals surface area contributed by atoms with Gasteiger partial charge in [0.1, 0.15) is 16.9 Å². The standard InChI is InChI=1S/C21H17N5O5S2/c1-2-30-21(29)18-15(16-4-3-9-32-16)11-33-19(18)23-17(27)10-31-20(28)13-5-7-14(8-6-13)26-12-22-24-25-26/h3-9,11-12H,2,10H2,1H3,(H,23,27). The van der Waals surface area contributed by atoms with Gasteiger partial charge in [-0.3, -0.25) is 4.79 Å². The second-order valence-corrected chi connectivity index (χ2v) is 8.30. The number of esters is 2.